The minimum Gasteiger partial charge on any atom is -0.443 e. The van der Waals surface area contributed by atoms with E-state index in [4.69, 9.17) is 14.2 Å². The summed E-state index contributed by atoms with van der Waals surface area (Å²) in [6.07, 6.45) is 1.89. The third-order valence-electron chi connectivity index (χ3n) is 9.20. The zero-order valence-electron chi connectivity index (χ0n) is 28.8. The van der Waals surface area contributed by atoms with Crippen molar-refractivity contribution in [3.05, 3.63) is 65.9 Å². The first-order valence-corrected chi connectivity index (χ1v) is 18.8. The maximum absolute atomic E-state index is 14.3. The highest BCUT2D eigenvalue weighted by molar-refractivity contribution is 7.89. The summed E-state index contributed by atoms with van der Waals surface area (Å²) in [6, 6.07) is 13.1. The van der Waals surface area contributed by atoms with Gasteiger partial charge in [-0.25, -0.2) is 13.2 Å². The molecule has 5 rings (SSSR count). The van der Waals surface area contributed by atoms with Crippen LogP contribution in [0.4, 0.5) is 10.5 Å². The number of aliphatic hydroxyl groups is 1. The molecule has 0 radical (unpaired) electrons. The van der Waals surface area contributed by atoms with Crippen molar-refractivity contribution in [2.24, 2.45) is 11.8 Å². The van der Waals surface area contributed by atoms with Gasteiger partial charge in [-0.15, -0.1) is 0 Å². The molecule has 3 aliphatic rings. The molecular formula is C36H50N4O8S. The van der Waals surface area contributed by atoms with E-state index in [1.807, 2.05) is 51.1 Å². The van der Waals surface area contributed by atoms with Gasteiger partial charge in [0.15, 0.2) is 6.29 Å². The van der Waals surface area contributed by atoms with E-state index < -0.39 is 34.4 Å². The lowest BCUT2D eigenvalue weighted by molar-refractivity contribution is -0.110. The molecule has 2 aromatic carbocycles. The van der Waals surface area contributed by atoms with Crippen LogP contribution in [0.25, 0.3) is 5.57 Å². The average molecular weight is 699 g/mol. The maximum Gasteiger partial charge on any atom is 0.407 e. The van der Waals surface area contributed by atoms with E-state index >= 15 is 0 Å². The zero-order chi connectivity index (χ0) is 35.1. The molecule has 3 aliphatic heterocycles. The van der Waals surface area contributed by atoms with Crippen molar-refractivity contribution < 1.29 is 37.3 Å². The van der Waals surface area contributed by atoms with Crippen molar-refractivity contribution in [2.75, 3.05) is 44.7 Å². The monoisotopic (exact) mass is 698 g/mol. The number of carbonyl (C=O) groups is 2. The normalized spacial score (nSPS) is 22.2. The quantitative estimate of drug-likeness (QED) is 0.220. The molecule has 0 unspecified atom stereocenters. The minimum absolute atomic E-state index is 0.0136. The molecule has 0 aliphatic carbocycles. The van der Waals surface area contributed by atoms with Crippen LogP contribution in [-0.4, -0.2) is 98.7 Å². The summed E-state index contributed by atoms with van der Waals surface area (Å²) in [5, 5.41) is 17.3. The Morgan fingerprint density at radius 1 is 1.14 bits per heavy atom. The Bertz CT molecular complexity index is 1580. The number of hydrogen-bond donors (Lipinski definition) is 3. The number of benzene rings is 2. The molecule has 2 aromatic rings. The van der Waals surface area contributed by atoms with E-state index in [1.54, 1.807) is 12.3 Å². The van der Waals surface area contributed by atoms with Crippen LogP contribution in [0.2, 0.25) is 0 Å². The second-order valence-corrected chi connectivity index (χ2v) is 15.3. The third kappa shape index (κ3) is 9.01. The molecule has 3 heterocycles. The number of unbranched alkanes of at least 4 members (excludes halogenated alkanes) is 1. The van der Waals surface area contributed by atoms with Gasteiger partial charge in [-0.3, -0.25) is 4.79 Å². The third-order valence-corrected chi connectivity index (χ3v) is 11.0. The Kier molecular flexibility index (Phi) is 12.4. The number of nitrogens with zero attached hydrogens (tertiary/aromatic N) is 2. The van der Waals surface area contributed by atoms with Gasteiger partial charge in [-0.2, -0.15) is 4.31 Å². The number of anilines is 1. The van der Waals surface area contributed by atoms with E-state index in [0.29, 0.717) is 30.0 Å². The van der Waals surface area contributed by atoms with Crippen molar-refractivity contribution in [3.8, 4) is 0 Å². The van der Waals surface area contributed by atoms with Gasteiger partial charge < -0.3 is 34.9 Å². The smallest absolute Gasteiger partial charge is 0.407 e. The number of rotatable bonds is 16. The van der Waals surface area contributed by atoms with Gasteiger partial charge in [-0.1, -0.05) is 57.5 Å². The summed E-state index contributed by atoms with van der Waals surface area (Å²) in [4.78, 5) is 28.2. The summed E-state index contributed by atoms with van der Waals surface area (Å²) in [7, 11) is -4.15. The topological polar surface area (TPSA) is 147 Å². The summed E-state index contributed by atoms with van der Waals surface area (Å²) < 4.78 is 46.7. The lowest BCUT2D eigenvalue weighted by Gasteiger charge is -2.31. The second kappa shape index (κ2) is 16.5. The number of nitrogens with one attached hydrogen (secondary N) is 2. The van der Waals surface area contributed by atoms with Crippen LogP contribution in [0.3, 0.4) is 0 Å². The fourth-order valence-corrected chi connectivity index (χ4v) is 8.15. The van der Waals surface area contributed by atoms with Crippen molar-refractivity contribution in [1.82, 2.24) is 14.5 Å². The zero-order valence-corrected chi connectivity index (χ0v) is 29.7. The lowest BCUT2D eigenvalue weighted by Crippen LogP contribution is -2.51. The molecule has 5 atom stereocenters. The van der Waals surface area contributed by atoms with Gasteiger partial charge >= 0.3 is 6.09 Å². The number of amides is 2. The van der Waals surface area contributed by atoms with Gasteiger partial charge in [0.25, 0.3) is 5.91 Å². The summed E-state index contributed by atoms with van der Waals surface area (Å²) in [6.45, 7) is 10.0. The first-order valence-electron chi connectivity index (χ1n) is 17.3. The molecule has 12 nitrogen and oxygen atoms in total. The number of ether oxygens (including phenoxy) is 3. The van der Waals surface area contributed by atoms with Gasteiger partial charge in [-0.05, 0) is 55.9 Å². The van der Waals surface area contributed by atoms with Crippen LogP contribution in [0, 0.1) is 11.8 Å². The molecule has 268 valence electrons. The van der Waals surface area contributed by atoms with Gasteiger partial charge in [0.1, 0.15) is 6.10 Å². The lowest BCUT2D eigenvalue weighted by atomic mass is 10.0. The van der Waals surface area contributed by atoms with Gasteiger partial charge in [0.05, 0.1) is 41.7 Å². The van der Waals surface area contributed by atoms with E-state index in [0.717, 1.165) is 31.4 Å². The molecule has 3 N–H and O–H groups in total. The highest BCUT2D eigenvalue weighted by Gasteiger charge is 2.44. The van der Waals surface area contributed by atoms with Crippen molar-refractivity contribution in [3.63, 3.8) is 0 Å². The van der Waals surface area contributed by atoms with Crippen LogP contribution in [0.1, 0.15) is 58.1 Å². The first-order chi connectivity index (χ1) is 23.5. The predicted octanol–water partition coefficient (Wildman–Crippen LogP) is 4.21. The van der Waals surface area contributed by atoms with E-state index in [1.165, 1.54) is 16.4 Å². The Balaban J connectivity index is 1.37. The Labute approximate surface area is 289 Å². The number of alkyl carbamates (subject to hydrolysis) is 1. The van der Waals surface area contributed by atoms with Gasteiger partial charge in [0, 0.05) is 43.6 Å². The van der Waals surface area contributed by atoms with Crippen LogP contribution < -0.4 is 10.6 Å². The molecule has 0 saturated carbocycles. The Morgan fingerprint density at radius 2 is 1.92 bits per heavy atom. The van der Waals surface area contributed by atoms with E-state index in [2.05, 4.69) is 22.5 Å². The molecule has 2 saturated heterocycles. The minimum atomic E-state index is -4.15. The van der Waals surface area contributed by atoms with Crippen LogP contribution in [-0.2, 0) is 35.4 Å². The molecule has 0 spiro atoms. The summed E-state index contributed by atoms with van der Waals surface area (Å²) >= 11 is 0. The molecular weight excluding hydrogens is 648 g/mol. The number of carbonyl (C=O) groups excluding carboxylic acids is 2. The molecule has 0 bridgehead atoms. The fourth-order valence-electron chi connectivity index (χ4n) is 6.50. The molecule has 13 heteroatoms. The highest BCUT2D eigenvalue weighted by Crippen LogP contribution is 2.35. The number of fused-ring (bicyclic) bond motifs is 2. The summed E-state index contributed by atoms with van der Waals surface area (Å²) in [5.74, 6) is -0.401. The van der Waals surface area contributed by atoms with E-state index in [-0.39, 0.29) is 55.0 Å². The summed E-state index contributed by atoms with van der Waals surface area (Å²) in [5.41, 5.74) is 2.33. The van der Waals surface area contributed by atoms with Crippen LogP contribution >= 0.6 is 0 Å². The second-order valence-electron chi connectivity index (χ2n) is 13.4. The fraction of sp³-hybridized carbons (Fsp3) is 0.556. The molecule has 2 amide bonds. The SMILES string of the molecule is CCCCN(/C=C1\C(=O)Nc2ccc(S(=O)(=O)N(CC(C)C)C[C@@H](O)[C@H](Cc3ccccc3)NC(=O)O[C@H]3CO[C@H]4OCC[C@H]43)cc21)CC. The maximum atomic E-state index is 14.3. The highest BCUT2D eigenvalue weighted by atomic mass is 32.2. The Morgan fingerprint density at radius 3 is 2.63 bits per heavy atom. The predicted molar refractivity (Wildman–Crippen MR) is 186 cm³/mol. The Hall–Kier alpha value is -3.49. The largest absolute Gasteiger partial charge is 0.443 e. The van der Waals surface area contributed by atoms with Crippen molar-refractivity contribution in [1.29, 1.82) is 0 Å². The number of aliphatic hydroxyl groups excluding tert-OH is 1. The van der Waals surface area contributed by atoms with Crippen molar-refractivity contribution >= 4 is 33.3 Å². The molecule has 49 heavy (non-hydrogen) atoms. The van der Waals surface area contributed by atoms with Gasteiger partial charge in [0.2, 0.25) is 10.0 Å². The van der Waals surface area contributed by atoms with E-state index in [9.17, 15) is 23.1 Å². The van der Waals surface area contributed by atoms with Crippen LogP contribution in [0.15, 0.2) is 59.6 Å². The van der Waals surface area contributed by atoms with Crippen LogP contribution in [0.5, 0.6) is 0 Å². The molecule has 2 fully saturated rings. The number of sulfonamides is 1. The van der Waals surface area contributed by atoms with Crippen molar-refractivity contribution in [2.45, 2.75) is 82.8 Å². The standard InChI is InChI=1S/C36H50N4O8S/c1-5-7-16-39(6-2)21-29-28-19-26(13-14-30(28)37-34(29)42)49(44,45)40(20-24(3)4)22-32(41)31(18-25-11-9-8-10-12-25)38-36(43)48-33-23-47-35-27(33)15-17-46-35/h8-14,19,21,24,27,31-33,35,41H,5-7,15-18,20,22-23H2,1-4H3,(H,37,42)(H,38,43)/b29-21-/t27-,31-,32+,33-,35+/m0/s1. The average Bonchev–Trinajstić information content (AvgIpc) is 3.78. The number of hydrogen-bond acceptors (Lipinski definition) is 9. The molecule has 0 aromatic heterocycles. The first kappa shape index (κ1) is 36.8.